The van der Waals surface area contributed by atoms with Crippen molar-refractivity contribution in [2.24, 2.45) is 0 Å². The summed E-state index contributed by atoms with van der Waals surface area (Å²) in [5.41, 5.74) is 6.00. The number of aromatic nitrogens is 1. The van der Waals surface area contributed by atoms with Crippen LogP contribution in [0.5, 0.6) is 5.88 Å². The van der Waals surface area contributed by atoms with Gasteiger partial charge in [0, 0.05) is 20.7 Å². The van der Waals surface area contributed by atoms with Gasteiger partial charge in [0.15, 0.2) is 0 Å². The summed E-state index contributed by atoms with van der Waals surface area (Å²) in [6.07, 6.45) is -0.573. The molecule has 1 aromatic heterocycles. The van der Waals surface area contributed by atoms with Crippen molar-refractivity contribution < 1.29 is 14.6 Å². The Balaban J connectivity index is 2.83. The van der Waals surface area contributed by atoms with Crippen LogP contribution in [0, 0.1) is 0 Å². The molecule has 0 bridgehead atoms. The van der Waals surface area contributed by atoms with Crippen molar-refractivity contribution in [2.75, 3.05) is 37.9 Å². The quantitative estimate of drug-likeness (QED) is 0.818. The third-order valence-electron chi connectivity index (χ3n) is 2.51. The zero-order chi connectivity index (χ0) is 15.3. The number of pyridine rings is 1. The summed E-state index contributed by atoms with van der Waals surface area (Å²) in [6, 6.07) is 3.55. The second-order valence-electron chi connectivity index (χ2n) is 5.77. The van der Waals surface area contributed by atoms with Crippen molar-refractivity contribution in [2.45, 2.75) is 32.5 Å². The van der Waals surface area contributed by atoms with E-state index in [4.69, 9.17) is 15.2 Å². The van der Waals surface area contributed by atoms with E-state index in [1.807, 2.05) is 32.7 Å². The van der Waals surface area contributed by atoms with Crippen molar-refractivity contribution in [3.63, 3.8) is 0 Å². The Morgan fingerprint density at radius 3 is 2.60 bits per heavy atom. The van der Waals surface area contributed by atoms with E-state index in [1.54, 1.807) is 19.2 Å². The largest absolute Gasteiger partial charge is 0.470 e. The van der Waals surface area contributed by atoms with Gasteiger partial charge in [0.05, 0.1) is 18.4 Å². The van der Waals surface area contributed by atoms with Crippen LogP contribution >= 0.6 is 0 Å². The number of hydrogen-bond donors (Lipinski definition) is 2. The number of ether oxygens (including phenoxy) is 2. The summed E-state index contributed by atoms with van der Waals surface area (Å²) in [5.74, 6) is 1.09. The van der Waals surface area contributed by atoms with Crippen LogP contribution in [0.25, 0.3) is 0 Å². The Bertz CT molecular complexity index is 432. The first kappa shape index (κ1) is 16.5. The van der Waals surface area contributed by atoms with Gasteiger partial charge < -0.3 is 25.2 Å². The van der Waals surface area contributed by atoms with Crippen molar-refractivity contribution in [3.8, 4) is 5.88 Å². The molecule has 0 saturated heterocycles. The molecular weight excluding hydrogens is 258 g/mol. The second kappa shape index (κ2) is 6.76. The molecule has 6 nitrogen and oxygen atoms in total. The van der Waals surface area contributed by atoms with Crippen LogP contribution < -0.4 is 15.4 Å². The molecule has 0 aliphatic heterocycles. The van der Waals surface area contributed by atoms with Crippen LogP contribution in [0.4, 0.5) is 11.5 Å². The molecule has 0 aliphatic carbocycles. The van der Waals surface area contributed by atoms with Crippen LogP contribution in [0.15, 0.2) is 12.1 Å². The highest BCUT2D eigenvalue weighted by molar-refractivity contribution is 5.54. The van der Waals surface area contributed by atoms with Crippen LogP contribution in [-0.4, -0.2) is 49.1 Å². The summed E-state index contributed by atoms with van der Waals surface area (Å²) in [5, 5.41) is 9.74. The maximum Gasteiger partial charge on any atom is 0.239 e. The number of nitrogens with two attached hydrogens (primary N) is 1. The van der Waals surface area contributed by atoms with E-state index >= 15 is 0 Å². The van der Waals surface area contributed by atoms with Crippen LogP contribution in [0.2, 0.25) is 0 Å². The lowest BCUT2D eigenvalue weighted by molar-refractivity contribution is 0.0693. The van der Waals surface area contributed by atoms with E-state index in [0.29, 0.717) is 23.9 Å². The minimum absolute atomic E-state index is 0.282. The number of hydrogen-bond acceptors (Lipinski definition) is 6. The molecule has 20 heavy (non-hydrogen) atoms. The first-order valence-corrected chi connectivity index (χ1v) is 6.56. The highest BCUT2D eigenvalue weighted by Crippen LogP contribution is 2.26. The average molecular weight is 283 g/mol. The lowest BCUT2D eigenvalue weighted by Crippen LogP contribution is -2.32. The monoisotopic (exact) mass is 283 g/mol. The van der Waals surface area contributed by atoms with E-state index in [2.05, 4.69) is 4.98 Å². The minimum Gasteiger partial charge on any atom is -0.470 e. The molecule has 1 rings (SSSR count). The molecule has 1 heterocycles. The number of likely N-dealkylation sites (N-methyl/N-ethyl adjacent to an activating group) is 1. The summed E-state index contributed by atoms with van der Waals surface area (Å²) < 4.78 is 10.6. The third-order valence-corrected chi connectivity index (χ3v) is 2.51. The van der Waals surface area contributed by atoms with Crippen LogP contribution in [0.1, 0.15) is 20.8 Å². The van der Waals surface area contributed by atoms with Gasteiger partial charge in [-0.1, -0.05) is 0 Å². The molecule has 1 atom stereocenters. The second-order valence-corrected chi connectivity index (χ2v) is 5.77. The van der Waals surface area contributed by atoms with Gasteiger partial charge in [0.25, 0.3) is 0 Å². The highest BCUT2D eigenvalue weighted by atomic mass is 16.5. The molecule has 0 amide bonds. The fraction of sp³-hybridized carbons (Fsp3) is 0.643. The summed E-state index contributed by atoms with van der Waals surface area (Å²) in [6.45, 7) is 6.51. The van der Waals surface area contributed by atoms with Gasteiger partial charge in [-0.15, -0.1) is 0 Å². The lowest BCUT2D eigenvalue weighted by Gasteiger charge is -2.25. The van der Waals surface area contributed by atoms with Crippen molar-refractivity contribution in [3.05, 3.63) is 12.1 Å². The van der Waals surface area contributed by atoms with Crippen LogP contribution in [-0.2, 0) is 4.74 Å². The topological polar surface area (TPSA) is 80.8 Å². The zero-order valence-electron chi connectivity index (χ0n) is 12.9. The van der Waals surface area contributed by atoms with Gasteiger partial charge in [-0.25, -0.2) is 0 Å². The normalized spacial score (nSPS) is 13.1. The van der Waals surface area contributed by atoms with E-state index in [-0.39, 0.29) is 12.2 Å². The predicted octanol–water partition coefficient (Wildman–Crippen LogP) is 1.28. The standard InChI is InChI=1S/C14H25N3O3/c1-14(2,3)20-13-11(15)6-7-12(16-13)17(4)8-10(18)9-19-5/h6-7,10,18H,8-9,15H2,1-5H3. The molecule has 0 radical (unpaired) electrons. The van der Waals surface area contributed by atoms with E-state index < -0.39 is 6.10 Å². The number of rotatable bonds is 6. The van der Waals surface area contributed by atoms with Crippen molar-refractivity contribution >= 4 is 11.5 Å². The molecule has 0 fully saturated rings. The Morgan fingerprint density at radius 2 is 2.05 bits per heavy atom. The van der Waals surface area contributed by atoms with Crippen molar-refractivity contribution in [1.82, 2.24) is 4.98 Å². The molecule has 6 heteroatoms. The lowest BCUT2D eigenvalue weighted by atomic mass is 10.2. The number of methoxy groups -OCH3 is 1. The number of aliphatic hydroxyl groups is 1. The van der Waals surface area contributed by atoms with E-state index in [1.165, 1.54) is 0 Å². The SMILES string of the molecule is COCC(O)CN(C)c1ccc(N)c(OC(C)(C)C)n1. The number of aliphatic hydroxyl groups excluding tert-OH is 1. The van der Waals surface area contributed by atoms with Gasteiger partial charge in [-0.3, -0.25) is 0 Å². The fourth-order valence-corrected chi connectivity index (χ4v) is 1.68. The van der Waals surface area contributed by atoms with Gasteiger partial charge in [-0.2, -0.15) is 4.98 Å². The molecular formula is C14H25N3O3. The molecule has 1 unspecified atom stereocenters. The Hall–Kier alpha value is -1.53. The molecule has 0 saturated carbocycles. The molecule has 114 valence electrons. The Labute approximate surface area is 120 Å². The maximum atomic E-state index is 9.74. The predicted molar refractivity (Wildman–Crippen MR) is 80.2 cm³/mol. The Kier molecular flexibility index (Phi) is 5.59. The first-order valence-electron chi connectivity index (χ1n) is 6.56. The molecule has 0 aromatic carbocycles. The van der Waals surface area contributed by atoms with E-state index in [9.17, 15) is 5.11 Å². The molecule has 0 spiro atoms. The molecule has 0 aliphatic rings. The Morgan fingerprint density at radius 1 is 1.40 bits per heavy atom. The summed E-state index contributed by atoms with van der Waals surface area (Å²) >= 11 is 0. The van der Waals surface area contributed by atoms with Gasteiger partial charge in [0.1, 0.15) is 11.4 Å². The maximum absolute atomic E-state index is 9.74. The highest BCUT2D eigenvalue weighted by Gasteiger charge is 2.17. The molecule has 3 N–H and O–H groups in total. The van der Waals surface area contributed by atoms with Crippen molar-refractivity contribution in [1.29, 1.82) is 0 Å². The van der Waals surface area contributed by atoms with E-state index in [0.717, 1.165) is 0 Å². The van der Waals surface area contributed by atoms with Crippen LogP contribution in [0.3, 0.4) is 0 Å². The minimum atomic E-state index is -0.573. The first-order chi connectivity index (χ1) is 9.23. The number of nitrogen functional groups attached to an aromatic ring is 1. The number of nitrogens with zero attached hydrogens (tertiary/aromatic N) is 2. The third kappa shape index (κ3) is 5.22. The van der Waals surface area contributed by atoms with Gasteiger partial charge in [-0.05, 0) is 32.9 Å². The zero-order valence-corrected chi connectivity index (χ0v) is 12.9. The average Bonchev–Trinajstić information content (AvgIpc) is 2.30. The number of anilines is 2. The summed E-state index contributed by atoms with van der Waals surface area (Å²) in [7, 11) is 3.40. The van der Waals surface area contributed by atoms with Gasteiger partial charge in [0.2, 0.25) is 5.88 Å². The summed E-state index contributed by atoms with van der Waals surface area (Å²) in [4.78, 5) is 6.23. The molecule has 1 aromatic rings. The smallest absolute Gasteiger partial charge is 0.239 e. The van der Waals surface area contributed by atoms with Gasteiger partial charge >= 0.3 is 0 Å². The fourth-order valence-electron chi connectivity index (χ4n) is 1.68.